The first-order valence-electron chi connectivity index (χ1n) is 7.36. The molecule has 0 saturated carbocycles. The fourth-order valence-corrected chi connectivity index (χ4v) is 3.91. The molecule has 116 valence electrons. The topological polar surface area (TPSA) is 66.5 Å². The molecular formula is C15H22N2O3S. The molecule has 1 fully saturated rings. The minimum atomic E-state index is -3.26. The fraction of sp³-hybridized carbons (Fsp3) is 0.533. The van der Waals surface area contributed by atoms with Crippen LogP contribution in [-0.4, -0.2) is 44.0 Å². The summed E-state index contributed by atoms with van der Waals surface area (Å²) in [5.41, 5.74) is 1.16. The van der Waals surface area contributed by atoms with Gasteiger partial charge < -0.3 is 5.32 Å². The Bertz CT molecular complexity index is 552. The third kappa shape index (κ3) is 5.13. The second-order valence-corrected chi connectivity index (χ2v) is 7.35. The molecule has 1 aliphatic heterocycles. The fourth-order valence-electron chi connectivity index (χ4n) is 2.40. The third-order valence-electron chi connectivity index (χ3n) is 3.62. The van der Waals surface area contributed by atoms with Gasteiger partial charge in [-0.2, -0.15) is 0 Å². The van der Waals surface area contributed by atoms with Crippen molar-refractivity contribution in [2.75, 3.05) is 25.4 Å². The predicted octanol–water partition coefficient (Wildman–Crippen LogP) is 1.16. The van der Waals surface area contributed by atoms with E-state index in [9.17, 15) is 13.2 Å². The number of benzene rings is 1. The van der Waals surface area contributed by atoms with Gasteiger partial charge in [-0.25, -0.2) is 12.7 Å². The first-order valence-corrected chi connectivity index (χ1v) is 8.97. The molecule has 0 unspecified atom stereocenters. The Hall–Kier alpha value is -1.40. The van der Waals surface area contributed by atoms with E-state index < -0.39 is 10.0 Å². The number of nitrogens with one attached hydrogen (secondary N) is 1. The molecular weight excluding hydrogens is 288 g/mol. The van der Waals surface area contributed by atoms with E-state index >= 15 is 0 Å². The summed E-state index contributed by atoms with van der Waals surface area (Å²) in [5, 5.41) is 2.77. The lowest BCUT2D eigenvalue weighted by atomic mass is 10.1. The van der Waals surface area contributed by atoms with Crippen LogP contribution in [0.3, 0.4) is 0 Å². The summed E-state index contributed by atoms with van der Waals surface area (Å²) in [6, 6.07) is 9.87. The van der Waals surface area contributed by atoms with E-state index in [4.69, 9.17) is 0 Å². The standard InChI is InChI=1S/C15H22N2O3S/c18-15(16-10-8-14-6-2-1-3-7-14)9-13-21(19,20)17-11-4-5-12-17/h1-3,6-7H,4-5,8-13H2,(H,16,18). The minimum absolute atomic E-state index is 0.0353. The van der Waals surface area contributed by atoms with Gasteiger partial charge in [0.05, 0.1) is 5.75 Å². The number of carbonyl (C=O) groups is 1. The molecule has 1 aromatic carbocycles. The first kappa shape index (κ1) is 16.0. The van der Waals surface area contributed by atoms with Gasteiger partial charge >= 0.3 is 0 Å². The molecule has 1 aliphatic rings. The Morgan fingerprint density at radius 2 is 1.81 bits per heavy atom. The molecule has 0 atom stereocenters. The average Bonchev–Trinajstić information content (AvgIpc) is 3.01. The van der Waals surface area contributed by atoms with Crippen LogP contribution in [0.25, 0.3) is 0 Å². The van der Waals surface area contributed by atoms with Crippen LogP contribution in [0.1, 0.15) is 24.8 Å². The van der Waals surface area contributed by atoms with Crippen molar-refractivity contribution in [1.82, 2.24) is 9.62 Å². The number of nitrogens with zero attached hydrogens (tertiary/aromatic N) is 1. The maximum Gasteiger partial charge on any atom is 0.221 e. The molecule has 1 saturated heterocycles. The molecule has 2 rings (SSSR count). The molecule has 21 heavy (non-hydrogen) atoms. The number of rotatable bonds is 7. The van der Waals surface area contributed by atoms with E-state index in [2.05, 4.69) is 5.32 Å². The molecule has 5 nitrogen and oxygen atoms in total. The number of amides is 1. The summed E-state index contributed by atoms with van der Waals surface area (Å²) >= 11 is 0. The van der Waals surface area contributed by atoms with Gasteiger partial charge in [-0.05, 0) is 24.8 Å². The maximum absolute atomic E-state index is 12.0. The zero-order valence-corrected chi connectivity index (χ0v) is 12.9. The van der Waals surface area contributed by atoms with Crippen LogP contribution in [0.4, 0.5) is 0 Å². The molecule has 1 aromatic rings. The minimum Gasteiger partial charge on any atom is -0.356 e. The van der Waals surface area contributed by atoms with Crippen molar-refractivity contribution in [1.29, 1.82) is 0 Å². The summed E-state index contributed by atoms with van der Waals surface area (Å²) in [4.78, 5) is 11.7. The summed E-state index contributed by atoms with van der Waals surface area (Å²) in [6.45, 7) is 1.72. The van der Waals surface area contributed by atoms with Crippen LogP contribution in [0.15, 0.2) is 30.3 Å². The molecule has 0 spiro atoms. The molecule has 1 heterocycles. The van der Waals surface area contributed by atoms with Gasteiger partial charge in [0.15, 0.2) is 0 Å². The van der Waals surface area contributed by atoms with Gasteiger partial charge in [0.1, 0.15) is 0 Å². The van der Waals surface area contributed by atoms with Gasteiger partial charge in [-0.3, -0.25) is 4.79 Å². The normalized spacial score (nSPS) is 16.0. The predicted molar refractivity (Wildman–Crippen MR) is 82.4 cm³/mol. The smallest absolute Gasteiger partial charge is 0.221 e. The van der Waals surface area contributed by atoms with Crippen LogP contribution >= 0.6 is 0 Å². The van der Waals surface area contributed by atoms with Gasteiger partial charge in [0, 0.05) is 26.1 Å². The summed E-state index contributed by atoms with van der Waals surface area (Å²) in [5.74, 6) is -0.293. The van der Waals surface area contributed by atoms with E-state index in [1.165, 1.54) is 4.31 Å². The highest BCUT2D eigenvalue weighted by Gasteiger charge is 2.25. The highest BCUT2D eigenvalue weighted by Crippen LogP contribution is 2.13. The van der Waals surface area contributed by atoms with Crippen LogP contribution in [0.5, 0.6) is 0 Å². The molecule has 0 aliphatic carbocycles. The monoisotopic (exact) mass is 310 g/mol. The molecule has 0 bridgehead atoms. The zero-order valence-electron chi connectivity index (χ0n) is 12.1. The summed E-state index contributed by atoms with van der Waals surface area (Å²) in [6.07, 6.45) is 2.63. The van der Waals surface area contributed by atoms with Crippen molar-refractivity contribution < 1.29 is 13.2 Å². The second-order valence-electron chi connectivity index (χ2n) is 5.26. The Kier molecular flexibility index (Phi) is 5.76. The Morgan fingerprint density at radius 1 is 1.14 bits per heavy atom. The van der Waals surface area contributed by atoms with Gasteiger partial charge in [0.25, 0.3) is 0 Å². The number of sulfonamides is 1. The Balaban J connectivity index is 1.67. The van der Waals surface area contributed by atoms with Crippen LogP contribution in [0, 0.1) is 0 Å². The molecule has 6 heteroatoms. The molecule has 0 radical (unpaired) electrons. The lowest BCUT2D eigenvalue weighted by Crippen LogP contribution is -2.33. The van der Waals surface area contributed by atoms with E-state index in [0.29, 0.717) is 19.6 Å². The largest absolute Gasteiger partial charge is 0.356 e. The van der Waals surface area contributed by atoms with Gasteiger partial charge in [0.2, 0.25) is 15.9 Å². The first-order chi connectivity index (χ1) is 10.1. The van der Waals surface area contributed by atoms with Crippen LogP contribution in [-0.2, 0) is 21.2 Å². The van der Waals surface area contributed by atoms with Crippen molar-refractivity contribution >= 4 is 15.9 Å². The Morgan fingerprint density at radius 3 is 2.48 bits per heavy atom. The lowest BCUT2D eigenvalue weighted by Gasteiger charge is -2.15. The Labute approximate surface area is 126 Å². The average molecular weight is 310 g/mol. The summed E-state index contributed by atoms with van der Waals surface area (Å²) < 4.78 is 25.4. The van der Waals surface area contributed by atoms with Gasteiger partial charge in [-0.1, -0.05) is 30.3 Å². The van der Waals surface area contributed by atoms with Crippen molar-refractivity contribution in [3.05, 3.63) is 35.9 Å². The highest BCUT2D eigenvalue weighted by atomic mass is 32.2. The third-order valence-corrected chi connectivity index (χ3v) is 5.50. The number of hydrogen-bond acceptors (Lipinski definition) is 3. The van der Waals surface area contributed by atoms with Gasteiger partial charge in [-0.15, -0.1) is 0 Å². The van der Waals surface area contributed by atoms with Crippen LogP contribution < -0.4 is 5.32 Å². The maximum atomic E-state index is 12.0. The van der Waals surface area contributed by atoms with E-state index in [-0.39, 0.29) is 18.1 Å². The van der Waals surface area contributed by atoms with Crippen LogP contribution in [0.2, 0.25) is 0 Å². The van der Waals surface area contributed by atoms with Crippen molar-refractivity contribution in [3.63, 3.8) is 0 Å². The zero-order chi connectivity index (χ0) is 15.1. The molecule has 1 amide bonds. The SMILES string of the molecule is O=C(CCS(=O)(=O)N1CCCC1)NCCc1ccccc1. The number of carbonyl (C=O) groups excluding carboxylic acids is 1. The lowest BCUT2D eigenvalue weighted by molar-refractivity contribution is -0.120. The summed E-state index contributed by atoms with van der Waals surface area (Å²) in [7, 11) is -3.26. The van der Waals surface area contributed by atoms with Crippen molar-refractivity contribution in [2.24, 2.45) is 0 Å². The number of hydrogen-bond donors (Lipinski definition) is 1. The highest BCUT2D eigenvalue weighted by molar-refractivity contribution is 7.89. The van der Waals surface area contributed by atoms with Crippen molar-refractivity contribution in [2.45, 2.75) is 25.7 Å². The second kappa shape index (κ2) is 7.56. The van der Waals surface area contributed by atoms with E-state index in [0.717, 1.165) is 24.8 Å². The van der Waals surface area contributed by atoms with E-state index in [1.54, 1.807) is 0 Å². The quantitative estimate of drug-likeness (QED) is 0.822. The molecule has 0 aromatic heterocycles. The molecule has 1 N–H and O–H groups in total. The van der Waals surface area contributed by atoms with Crippen molar-refractivity contribution in [3.8, 4) is 0 Å². The van der Waals surface area contributed by atoms with E-state index in [1.807, 2.05) is 30.3 Å².